The van der Waals surface area contributed by atoms with E-state index in [0.717, 1.165) is 0 Å². The maximum atomic E-state index is 13.7. The SMILES string of the molecule is CC(C)OC(=O)C(C)N[P@@](=O)(OC[C@H]1OC(C#N)(c2ccc3c(N)ncnn23)[C@H](O)[C@@H]1O)Oc1ccccc1. The van der Waals surface area contributed by atoms with Gasteiger partial charge in [0.2, 0.25) is 5.60 Å². The number of nitrogens with one attached hydrogen (secondary N) is 1. The van der Waals surface area contributed by atoms with Crippen molar-refractivity contribution in [2.75, 3.05) is 12.3 Å². The Kier molecular flexibility index (Phi) is 8.22. The summed E-state index contributed by atoms with van der Waals surface area (Å²) in [5.41, 5.74) is 4.25. The molecule has 5 N–H and O–H groups in total. The first-order chi connectivity index (χ1) is 18.5. The number of rotatable bonds is 10. The molecule has 3 heterocycles. The number of aliphatic hydroxyl groups is 2. The fourth-order valence-corrected chi connectivity index (χ4v) is 5.56. The van der Waals surface area contributed by atoms with E-state index in [9.17, 15) is 24.8 Å². The molecule has 208 valence electrons. The van der Waals surface area contributed by atoms with E-state index in [0.29, 0.717) is 5.52 Å². The summed E-state index contributed by atoms with van der Waals surface area (Å²) in [6.07, 6.45) is -3.96. The number of nitrogens with zero attached hydrogens (tertiary/aromatic N) is 4. The molecule has 0 bridgehead atoms. The molecule has 2 aromatic heterocycles. The average Bonchev–Trinajstić information content (AvgIpc) is 3.44. The third-order valence-electron chi connectivity index (χ3n) is 5.92. The first-order valence-electron chi connectivity index (χ1n) is 12.0. The van der Waals surface area contributed by atoms with Gasteiger partial charge in [-0.1, -0.05) is 18.2 Å². The van der Waals surface area contributed by atoms with E-state index < -0.39 is 56.4 Å². The van der Waals surface area contributed by atoms with Crippen molar-refractivity contribution in [3.63, 3.8) is 0 Å². The van der Waals surface area contributed by atoms with E-state index in [2.05, 4.69) is 15.2 Å². The van der Waals surface area contributed by atoms with Crippen LogP contribution >= 0.6 is 7.75 Å². The lowest BCUT2D eigenvalue weighted by Gasteiger charge is -2.25. The number of para-hydroxylation sites is 1. The Morgan fingerprint density at radius 3 is 2.67 bits per heavy atom. The van der Waals surface area contributed by atoms with E-state index in [4.69, 9.17) is 24.3 Å². The van der Waals surface area contributed by atoms with Crippen LogP contribution in [0.3, 0.4) is 0 Å². The summed E-state index contributed by atoms with van der Waals surface area (Å²) in [6.45, 7) is 4.17. The molecule has 0 radical (unpaired) electrons. The van der Waals surface area contributed by atoms with E-state index >= 15 is 0 Å². The number of nitrogens with two attached hydrogens (primary N) is 1. The van der Waals surface area contributed by atoms with Crippen LogP contribution in [0.15, 0.2) is 48.8 Å². The van der Waals surface area contributed by atoms with Gasteiger partial charge in [0.15, 0.2) is 5.82 Å². The fraction of sp³-hybridized carbons (Fsp3) is 0.417. The van der Waals surface area contributed by atoms with Crippen LogP contribution in [-0.2, 0) is 29.0 Å². The van der Waals surface area contributed by atoms with Gasteiger partial charge in [-0.05, 0) is 45.0 Å². The molecule has 0 amide bonds. The molecule has 3 aromatic rings. The van der Waals surface area contributed by atoms with Crippen molar-refractivity contribution >= 4 is 25.1 Å². The smallest absolute Gasteiger partial charge is 0.459 e. The first kappa shape index (κ1) is 28.4. The second kappa shape index (κ2) is 11.3. The van der Waals surface area contributed by atoms with E-state index in [1.165, 1.54) is 36.0 Å². The molecular formula is C24H29N6O8P. The van der Waals surface area contributed by atoms with Crippen LogP contribution in [0, 0.1) is 11.3 Å². The molecule has 1 fully saturated rings. The molecule has 15 heteroatoms. The topological polar surface area (TPSA) is 204 Å². The number of ether oxygens (including phenoxy) is 2. The van der Waals surface area contributed by atoms with Crippen molar-refractivity contribution in [3.05, 3.63) is 54.5 Å². The van der Waals surface area contributed by atoms with Crippen LogP contribution in [0.2, 0.25) is 0 Å². The number of carbonyl (C=O) groups excluding carboxylic acids is 1. The molecule has 0 saturated carbocycles. The molecule has 0 aliphatic carbocycles. The highest BCUT2D eigenvalue weighted by molar-refractivity contribution is 7.52. The van der Waals surface area contributed by atoms with Crippen molar-refractivity contribution in [1.29, 1.82) is 5.26 Å². The third-order valence-corrected chi connectivity index (χ3v) is 7.57. The Bertz CT molecular complexity index is 1410. The molecule has 1 aromatic carbocycles. The van der Waals surface area contributed by atoms with Crippen molar-refractivity contribution < 1.29 is 38.1 Å². The number of aromatic nitrogens is 3. The van der Waals surface area contributed by atoms with Gasteiger partial charge in [0, 0.05) is 0 Å². The van der Waals surface area contributed by atoms with Crippen LogP contribution in [0.5, 0.6) is 5.75 Å². The van der Waals surface area contributed by atoms with Gasteiger partial charge in [-0.2, -0.15) is 15.4 Å². The minimum Gasteiger partial charge on any atom is -0.462 e. The Hall–Kier alpha value is -3.57. The summed E-state index contributed by atoms with van der Waals surface area (Å²) in [7, 11) is -4.30. The zero-order valence-electron chi connectivity index (χ0n) is 21.4. The average molecular weight is 561 g/mol. The van der Waals surface area contributed by atoms with Crippen molar-refractivity contribution in [2.45, 2.75) is 56.8 Å². The molecule has 1 saturated heterocycles. The molecule has 2 unspecified atom stereocenters. The number of aliphatic hydroxyl groups excluding tert-OH is 2. The highest BCUT2D eigenvalue weighted by atomic mass is 31.2. The van der Waals surface area contributed by atoms with Gasteiger partial charge < -0.3 is 29.9 Å². The van der Waals surface area contributed by atoms with Gasteiger partial charge in [0.05, 0.1) is 18.4 Å². The molecule has 1 aliphatic heterocycles. The Morgan fingerprint density at radius 2 is 2.00 bits per heavy atom. The van der Waals surface area contributed by atoms with Gasteiger partial charge in [-0.25, -0.2) is 14.1 Å². The molecule has 0 spiro atoms. The Labute approximate surface area is 223 Å². The molecular weight excluding hydrogens is 531 g/mol. The summed E-state index contributed by atoms with van der Waals surface area (Å²) in [5, 5.41) is 38.4. The van der Waals surface area contributed by atoms with Crippen LogP contribution in [-0.4, -0.2) is 67.8 Å². The zero-order valence-corrected chi connectivity index (χ0v) is 22.3. The summed E-state index contributed by atoms with van der Waals surface area (Å²) >= 11 is 0. The Morgan fingerprint density at radius 1 is 1.28 bits per heavy atom. The van der Waals surface area contributed by atoms with Gasteiger partial charge in [0.1, 0.15) is 48.0 Å². The van der Waals surface area contributed by atoms with E-state index in [1.54, 1.807) is 38.1 Å². The van der Waals surface area contributed by atoms with Crippen molar-refractivity contribution in [1.82, 2.24) is 19.7 Å². The van der Waals surface area contributed by atoms with Crippen LogP contribution in [0.4, 0.5) is 5.82 Å². The third kappa shape index (κ3) is 5.74. The quantitative estimate of drug-likeness (QED) is 0.204. The number of hydrogen-bond acceptors (Lipinski definition) is 12. The van der Waals surface area contributed by atoms with Crippen LogP contribution < -0.4 is 15.3 Å². The van der Waals surface area contributed by atoms with Crippen molar-refractivity contribution in [2.24, 2.45) is 0 Å². The summed E-state index contributed by atoms with van der Waals surface area (Å²) in [4.78, 5) is 16.2. The first-order valence-corrected chi connectivity index (χ1v) is 13.6. The molecule has 6 atom stereocenters. The van der Waals surface area contributed by atoms with Gasteiger partial charge in [0.25, 0.3) is 0 Å². The van der Waals surface area contributed by atoms with Crippen molar-refractivity contribution in [3.8, 4) is 11.8 Å². The molecule has 4 rings (SSSR count). The lowest BCUT2D eigenvalue weighted by molar-refractivity contribution is -0.149. The standard InChI is InChI=1S/C24H29N6O8P/c1-14(2)36-23(33)15(3)29-39(34,38-16-7-5-4-6-8-16)35-11-18-20(31)21(32)24(12-25,37-18)19-10-9-17-22(26)27-13-28-30(17)19/h4-10,13-15,18,20-21,31-32H,11H2,1-3H3,(H,29,34)(H2,26,27,28)/t15?,18-,20-,21-,24?,39-/m1/s1. The number of esters is 1. The number of benzene rings is 1. The zero-order chi connectivity index (χ0) is 28.4. The predicted molar refractivity (Wildman–Crippen MR) is 136 cm³/mol. The fourth-order valence-electron chi connectivity index (χ4n) is 4.06. The summed E-state index contributed by atoms with van der Waals surface area (Å²) in [6, 6.07) is 11.9. The highest BCUT2D eigenvalue weighted by Crippen LogP contribution is 2.47. The highest BCUT2D eigenvalue weighted by Gasteiger charge is 2.58. The number of fused-ring (bicyclic) bond motifs is 1. The number of nitrogen functional groups attached to an aromatic ring is 1. The second-order valence-electron chi connectivity index (χ2n) is 9.13. The normalized spacial score (nSPS) is 25.2. The lowest BCUT2D eigenvalue weighted by atomic mass is 9.92. The second-order valence-corrected chi connectivity index (χ2v) is 10.8. The summed E-state index contributed by atoms with van der Waals surface area (Å²) < 4.78 is 37.2. The monoisotopic (exact) mass is 560 g/mol. The van der Waals surface area contributed by atoms with Crippen LogP contribution in [0.25, 0.3) is 5.52 Å². The number of carbonyl (C=O) groups is 1. The largest absolute Gasteiger partial charge is 0.462 e. The predicted octanol–water partition coefficient (Wildman–Crippen LogP) is 1.28. The molecule has 1 aliphatic rings. The number of nitriles is 1. The molecule has 39 heavy (non-hydrogen) atoms. The molecule has 14 nitrogen and oxygen atoms in total. The number of hydrogen-bond donors (Lipinski definition) is 4. The van der Waals surface area contributed by atoms with E-state index in [1.807, 2.05) is 6.07 Å². The lowest BCUT2D eigenvalue weighted by Crippen LogP contribution is -2.41. The maximum Gasteiger partial charge on any atom is 0.459 e. The minimum atomic E-state index is -4.30. The van der Waals surface area contributed by atoms with Gasteiger partial charge in [-0.15, -0.1) is 0 Å². The van der Waals surface area contributed by atoms with Gasteiger partial charge >= 0.3 is 13.7 Å². The maximum absolute atomic E-state index is 13.7. The number of anilines is 1. The minimum absolute atomic E-state index is 0.0926. The van der Waals surface area contributed by atoms with Crippen LogP contribution in [0.1, 0.15) is 26.5 Å². The Balaban J connectivity index is 1.58. The van der Waals surface area contributed by atoms with E-state index in [-0.39, 0.29) is 17.3 Å². The van der Waals surface area contributed by atoms with Gasteiger partial charge in [-0.3, -0.25) is 9.32 Å². The summed E-state index contributed by atoms with van der Waals surface area (Å²) in [5.74, 6) is -0.385.